The molecule has 182 valence electrons. The Bertz CT molecular complexity index is 1270. The average Bonchev–Trinajstić information content (AvgIpc) is 3.35. The lowest BCUT2D eigenvalue weighted by Crippen LogP contribution is -2.35. The number of thioether (sulfide) groups is 1. The summed E-state index contributed by atoms with van der Waals surface area (Å²) in [5.41, 5.74) is 6.84. The molecule has 1 aromatic carbocycles. The highest BCUT2D eigenvalue weighted by Gasteiger charge is 2.35. The van der Waals surface area contributed by atoms with Crippen LogP contribution in [0.5, 0.6) is 0 Å². The number of hydrogen-bond acceptors (Lipinski definition) is 4. The van der Waals surface area contributed by atoms with Crippen LogP contribution in [0.1, 0.15) is 73.0 Å². The summed E-state index contributed by atoms with van der Waals surface area (Å²) in [6, 6.07) is 8.56. The molecule has 2 aliphatic heterocycles. The van der Waals surface area contributed by atoms with Gasteiger partial charge >= 0.3 is 0 Å². The zero-order valence-corrected chi connectivity index (χ0v) is 21.8. The number of carbonyl (C=O) groups excluding carboxylic acids is 1. The fraction of sp³-hybridized carbons (Fsp3) is 0.429. The first-order chi connectivity index (χ1) is 16.8. The van der Waals surface area contributed by atoms with Crippen molar-refractivity contribution in [2.24, 2.45) is 16.0 Å². The van der Waals surface area contributed by atoms with E-state index in [-0.39, 0.29) is 17.3 Å². The average molecular weight is 488 g/mol. The number of amidine groups is 2. The lowest BCUT2D eigenvalue weighted by atomic mass is 9.86. The molecular weight excluding hydrogens is 454 g/mol. The molecule has 0 unspecified atom stereocenters. The minimum absolute atomic E-state index is 0.108. The van der Waals surface area contributed by atoms with Gasteiger partial charge in [0.1, 0.15) is 5.04 Å². The van der Waals surface area contributed by atoms with Crippen molar-refractivity contribution in [1.29, 1.82) is 5.41 Å². The molecule has 1 amide bonds. The Hall–Kier alpha value is -2.93. The van der Waals surface area contributed by atoms with Gasteiger partial charge in [-0.1, -0.05) is 38.2 Å². The first kappa shape index (κ1) is 23.8. The Labute approximate surface area is 211 Å². The molecule has 5 rings (SSSR count). The second-order valence-corrected chi connectivity index (χ2v) is 11.1. The van der Waals surface area contributed by atoms with Crippen molar-refractivity contribution in [3.8, 4) is 5.69 Å². The molecule has 0 radical (unpaired) electrons. The minimum atomic E-state index is -0.367. The third-order valence-electron chi connectivity index (χ3n) is 7.22. The molecule has 0 spiro atoms. The molecule has 6 nitrogen and oxygen atoms in total. The molecule has 1 N–H and O–H groups in total. The molecule has 1 fully saturated rings. The van der Waals surface area contributed by atoms with Crippen LogP contribution in [0, 0.1) is 39.0 Å². The van der Waals surface area contributed by atoms with Gasteiger partial charge in [-0.15, -0.1) is 0 Å². The number of aryl methyl sites for hydroxylation is 3. The van der Waals surface area contributed by atoms with Gasteiger partial charge in [0.2, 0.25) is 5.17 Å². The van der Waals surface area contributed by atoms with E-state index in [0.29, 0.717) is 5.17 Å². The molecule has 35 heavy (non-hydrogen) atoms. The topological polar surface area (TPSA) is 73.8 Å². The van der Waals surface area contributed by atoms with Crippen LogP contribution in [0.4, 0.5) is 0 Å². The predicted molar refractivity (Wildman–Crippen MR) is 146 cm³/mol. The van der Waals surface area contributed by atoms with Crippen LogP contribution in [0.3, 0.4) is 0 Å². The summed E-state index contributed by atoms with van der Waals surface area (Å²) in [4.78, 5) is 17.2. The van der Waals surface area contributed by atoms with Gasteiger partial charge in [-0.25, -0.2) is 0 Å². The molecule has 0 atom stereocenters. The van der Waals surface area contributed by atoms with Crippen molar-refractivity contribution >= 4 is 39.8 Å². The maximum Gasteiger partial charge on any atom is 0.283 e. The lowest BCUT2D eigenvalue weighted by Gasteiger charge is -2.20. The summed E-state index contributed by atoms with van der Waals surface area (Å²) in [5.74, 6) is 0.514. The largest absolute Gasteiger partial charge is 0.318 e. The van der Waals surface area contributed by atoms with Crippen molar-refractivity contribution in [3.63, 3.8) is 0 Å². The van der Waals surface area contributed by atoms with Crippen molar-refractivity contribution in [3.05, 3.63) is 57.9 Å². The van der Waals surface area contributed by atoms with Crippen LogP contribution in [0.25, 0.3) is 11.8 Å². The van der Waals surface area contributed by atoms with Gasteiger partial charge < -0.3 is 4.57 Å². The second kappa shape index (κ2) is 9.61. The number of nitrogens with one attached hydrogen (secondary N) is 1. The maximum atomic E-state index is 12.9. The highest BCUT2D eigenvalue weighted by Crippen LogP contribution is 2.33. The van der Waals surface area contributed by atoms with E-state index < -0.39 is 0 Å². The third-order valence-corrected chi connectivity index (χ3v) is 8.19. The van der Waals surface area contributed by atoms with Gasteiger partial charge in [0.05, 0.1) is 5.57 Å². The third kappa shape index (κ3) is 4.79. The molecule has 2 aromatic rings. The first-order valence-corrected chi connectivity index (χ1v) is 13.4. The quantitative estimate of drug-likeness (QED) is 0.477. The Balaban J connectivity index is 1.39. The number of benzene rings is 1. The van der Waals surface area contributed by atoms with E-state index in [1.54, 1.807) is 6.08 Å². The summed E-state index contributed by atoms with van der Waals surface area (Å²) >= 11 is 1.44. The number of rotatable bonds is 5. The second-order valence-electron chi connectivity index (χ2n) is 10.1. The molecular formula is C28H33N5OS. The van der Waals surface area contributed by atoms with E-state index >= 15 is 0 Å². The monoisotopic (exact) mass is 487 g/mol. The van der Waals surface area contributed by atoms with E-state index in [1.165, 1.54) is 60.0 Å². The van der Waals surface area contributed by atoms with Crippen molar-refractivity contribution in [1.82, 2.24) is 9.58 Å². The zero-order chi connectivity index (χ0) is 24.7. The van der Waals surface area contributed by atoms with Crippen LogP contribution in [-0.4, -0.2) is 31.5 Å². The van der Waals surface area contributed by atoms with Crippen molar-refractivity contribution < 1.29 is 4.79 Å². The van der Waals surface area contributed by atoms with Gasteiger partial charge in [0.25, 0.3) is 5.91 Å². The summed E-state index contributed by atoms with van der Waals surface area (Å²) in [6.45, 7) is 8.32. The van der Waals surface area contributed by atoms with Crippen molar-refractivity contribution in [2.45, 2.75) is 72.6 Å². The van der Waals surface area contributed by atoms with Gasteiger partial charge in [0.15, 0.2) is 5.84 Å². The Kier molecular flexibility index (Phi) is 6.53. The standard InChI is InChI=1S/C28H33N5OS/c1-17-12-18(2)14-23(13-17)32-19(3)15-22(20(32)4)16-24-26(29)33-28(30-27(24)34)35-25(31-33)11-10-21-8-6-5-7-9-21/h12-16,21,29H,5-11H2,1-4H3/b24-16+,29-26?. The predicted octanol–water partition coefficient (Wildman–Crippen LogP) is 6.69. The molecule has 0 bridgehead atoms. The molecule has 1 saturated carbocycles. The number of aliphatic imine (C=N–C) groups is 1. The summed E-state index contributed by atoms with van der Waals surface area (Å²) < 4.78 is 2.20. The van der Waals surface area contributed by atoms with Gasteiger partial charge in [-0.3, -0.25) is 10.2 Å². The summed E-state index contributed by atoms with van der Waals surface area (Å²) in [5, 5.41) is 16.4. The Morgan fingerprint density at radius 1 is 1.06 bits per heavy atom. The zero-order valence-electron chi connectivity index (χ0n) is 21.0. The normalized spacial score (nSPS) is 19.9. The maximum absolute atomic E-state index is 12.9. The first-order valence-electron chi connectivity index (χ1n) is 12.6. The minimum Gasteiger partial charge on any atom is -0.318 e. The molecule has 0 saturated heterocycles. The highest BCUT2D eigenvalue weighted by molar-refractivity contribution is 8.26. The van der Waals surface area contributed by atoms with Crippen LogP contribution in [0.15, 0.2) is 39.9 Å². The molecule has 7 heteroatoms. The van der Waals surface area contributed by atoms with Crippen LogP contribution >= 0.6 is 11.8 Å². The van der Waals surface area contributed by atoms with E-state index in [9.17, 15) is 4.79 Å². The van der Waals surface area contributed by atoms with Crippen molar-refractivity contribution in [2.75, 3.05) is 0 Å². The number of fused-ring (bicyclic) bond motifs is 1. The molecule has 3 aliphatic rings. The lowest BCUT2D eigenvalue weighted by molar-refractivity contribution is -0.114. The van der Waals surface area contributed by atoms with Gasteiger partial charge in [-0.2, -0.15) is 15.1 Å². The summed E-state index contributed by atoms with van der Waals surface area (Å²) in [6.07, 6.45) is 10.5. The number of nitrogens with zero attached hydrogens (tertiary/aromatic N) is 4. The van der Waals surface area contributed by atoms with E-state index in [1.807, 2.05) is 0 Å². The van der Waals surface area contributed by atoms with E-state index in [2.05, 4.69) is 66.6 Å². The number of amides is 1. The number of hydrazone groups is 1. The van der Waals surface area contributed by atoms with Crippen LogP contribution in [-0.2, 0) is 4.79 Å². The smallest absolute Gasteiger partial charge is 0.283 e. The van der Waals surface area contributed by atoms with Crippen LogP contribution in [0.2, 0.25) is 0 Å². The number of aromatic nitrogens is 1. The Morgan fingerprint density at radius 3 is 2.49 bits per heavy atom. The summed E-state index contributed by atoms with van der Waals surface area (Å²) in [7, 11) is 0. The fourth-order valence-electron chi connectivity index (χ4n) is 5.50. The van der Waals surface area contributed by atoms with Gasteiger partial charge in [0, 0.05) is 17.1 Å². The Morgan fingerprint density at radius 2 is 1.77 bits per heavy atom. The number of hydrogen-bond donors (Lipinski definition) is 1. The molecule has 1 aromatic heterocycles. The molecule has 1 aliphatic carbocycles. The van der Waals surface area contributed by atoms with Gasteiger partial charge in [-0.05, 0) is 99.2 Å². The van der Waals surface area contributed by atoms with E-state index in [4.69, 9.17) is 5.41 Å². The number of carbonyl (C=O) groups is 1. The highest BCUT2D eigenvalue weighted by atomic mass is 32.2. The van der Waals surface area contributed by atoms with E-state index in [0.717, 1.165) is 46.4 Å². The van der Waals surface area contributed by atoms with Crippen LogP contribution < -0.4 is 0 Å². The fourth-order valence-corrected chi connectivity index (χ4v) is 6.40. The SMILES string of the molecule is Cc1cc(C)cc(-n2c(C)cc(/C=C3\C(=N)N4N=C(CCC5CCCCC5)SC4=NC3=O)c2C)c1. The molecule has 3 heterocycles.